The predicted octanol–water partition coefficient (Wildman–Crippen LogP) is 1.84. The van der Waals surface area contributed by atoms with Crippen LogP contribution >= 0.6 is 0 Å². The maximum Gasteiger partial charge on any atom is 0.150 e. The van der Waals surface area contributed by atoms with Crippen LogP contribution in [0.3, 0.4) is 0 Å². The van der Waals surface area contributed by atoms with Crippen molar-refractivity contribution >= 4 is 9.84 Å². The highest BCUT2D eigenvalue weighted by atomic mass is 32.2. The van der Waals surface area contributed by atoms with Crippen LogP contribution < -0.4 is 5.32 Å². The second-order valence-corrected chi connectivity index (χ2v) is 9.02. The third kappa shape index (κ3) is 3.95. The van der Waals surface area contributed by atoms with Crippen LogP contribution in [0.15, 0.2) is 0 Å². The molecule has 4 heteroatoms. The van der Waals surface area contributed by atoms with Crippen LogP contribution in [-0.2, 0) is 9.84 Å². The number of hydrogen-bond acceptors (Lipinski definition) is 3. The van der Waals surface area contributed by atoms with Crippen molar-refractivity contribution in [2.24, 2.45) is 17.8 Å². The first-order valence-corrected chi connectivity index (χ1v) is 8.54. The molecule has 17 heavy (non-hydrogen) atoms. The third-order valence-electron chi connectivity index (χ3n) is 3.97. The second-order valence-electron chi connectivity index (χ2n) is 6.80. The molecule has 0 bridgehead atoms. The van der Waals surface area contributed by atoms with Gasteiger partial charge in [-0.2, -0.15) is 0 Å². The van der Waals surface area contributed by atoms with Crippen LogP contribution in [0, 0.1) is 17.8 Å². The highest BCUT2D eigenvalue weighted by molar-refractivity contribution is 7.91. The molecule has 2 unspecified atom stereocenters. The Balaban J connectivity index is 1.94. The van der Waals surface area contributed by atoms with Crippen LogP contribution in [0.1, 0.15) is 40.0 Å². The molecule has 1 saturated carbocycles. The first-order valence-electron chi connectivity index (χ1n) is 6.72. The van der Waals surface area contributed by atoms with Crippen molar-refractivity contribution in [3.8, 4) is 0 Å². The van der Waals surface area contributed by atoms with E-state index < -0.39 is 9.84 Å². The normalized spacial score (nSPS) is 30.4. The van der Waals surface area contributed by atoms with Gasteiger partial charge in [0.1, 0.15) is 0 Å². The molecule has 1 N–H and O–H groups in total. The molecule has 1 aliphatic heterocycles. The number of rotatable bonds is 4. The number of sulfone groups is 1. The number of hydrogen-bond donors (Lipinski definition) is 1. The predicted molar refractivity (Wildman–Crippen MR) is 70.7 cm³/mol. The second kappa shape index (κ2) is 4.54. The van der Waals surface area contributed by atoms with Gasteiger partial charge in [-0.1, -0.05) is 0 Å². The third-order valence-corrected chi connectivity index (χ3v) is 5.76. The highest BCUT2D eigenvalue weighted by Crippen LogP contribution is 2.43. The van der Waals surface area contributed by atoms with E-state index in [-0.39, 0.29) is 5.54 Å². The summed E-state index contributed by atoms with van der Waals surface area (Å²) >= 11 is 0. The summed E-state index contributed by atoms with van der Waals surface area (Å²) in [4.78, 5) is 0. The van der Waals surface area contributed by atoms with Gasteiger partial charge in [-0.3, -0.25) is 0 Å². The van der Waals surface area contributed by atoms with Crippen LogP contribution in [0.4, 0.5) is 0 Å². The Morgan fingerprint density at radius 1 is 1.18 bits per heavy atom. The molecule has 0 aromatic carbocycles. The molecule has 0 spiro atoms. The fraction of sp³-hybridized carbons (Fsp3) is 1.00. The summed E-state index contributed by atoms with van der Waals surface area (Å²) in [6.07, 6.45) is 3.48. The van der Waals surface area contributed by atoms with Crippen LogP contribution in [-0.4, -0.2) is 32.0 Å². The van der Waals surface area contributed by atoms with Gasteiger partial charge in [0.25, 0.3) is 0 Å². The van der Waals surface area contributed by atoms with Gasteiger partial charge in [-0.15, -0.1) is 0 Å². The Hall–Kier alpha value is -0.0900. The summed E-state index contributed by atoms with van der Waals surface area (Å²) in [5, 5.41) is 3.55. The molecule has 2 aliphatic rings. The van der Waals surface area contributed by atoms with Crippen LogP contribution in [0.25, 0.3) is 0 Å². The molecular formula is C13H25NO2S. The molecule has 100 valence electrons. The molecule has 0 aromatic heterocycles. The van der Waals surface area contributed by atoms with Crippen molar-refractivity contribution in [3.05, 3.63) is 0 Å². The van der Waals surface area contributed by atoms with E-state index in [1.54, 1.807) is 0 Å². The van der Waals surface area contributed by atoms with E-state index in [9.17, 15) is 8.42 Å². The maximum absolute atomic E-state index is 11.6. The average Bonchev–Trinajstić information content (AvgIpc) is 2.90. The van der Waals surface area contributed by atoms with E-state index in [1.807, 2.05) is 0 Å². The van der Waals surface area contributed by atoms with E-state index in [1.165, 1.54) is 12.8 Å². The summed E-state index contributed by atoms with van der Waals surface area (Å²) in [5.41, 5.74) is 0.130. The quantitative estimate of drug-likeness (QED) is 0.838. The summed E-state index contributed by atoms with van der Waals surface area (Å²) in [6.45, 7) is 7.49. The highest BCUT2D eigenvalue weighted by Gasteiger charge is 2.41. The maximum atomic E-state index is 11.6. The Kier molecular flexibility index (Phi) is 3.56. The van der Waals surface area contributed by atoms with Gasteiger partial charge >= 0.3 is 0 Å². The van der Waals surface area contributed by atoms with Gasteiger partial charge < -0.3 is 5.32 Å². The topological polar surface area (TPSA) is 46.2 Å². The van der Waals surface area contributed by atoms with Crippen LogP contribution in [0.5, 0.6) is 0 Å². The number of nitrogens with one attached hydrogen (secondary N) is 1. The lowest BCUT2D eigenvalue weighted by molar-refractivity contribution is 0.275. The van der Waals surface area contributed by atoms with Crippen molar-refractivity contribution in [2.75, 3.05) is 18.1 Å². The molecule has 0 amide bonds. The summed E-state index contributed by atoms with van der Waals surface area (Å²) in [7, 11) is -2.73. The smallest absolute Gasteiger partial charge is 0.150 e. The molecule has 2 rings (SSSR count). The van der Waals surface area contributed by atoms with Gasteiger partial charge in [0.05, 0.1) is 11.5 Å². The van der Waals surface area contributed by atoms with Crippen molar-refractivity contribution in [1.29, 1.82) is 0 Å². The summed E-state index contributed by atoms with van der Waals surface area (Å²) in [5.74, 6) is 2.60. The molecule has 2 atom stereocenters. The van der Waals surface area contributed by atoms with Gasteiger partial charge in [0.15, 0.2) is 9.84 Å². The van der Waals surface area contributed by atoms with Crippen molar-refractivity contribution in [2.45, 2.75) is 45.6 Å². The monoisotopic (exact) mass is 259 g/mol. The van der Waals surface area contributed by atoms with Gasteiger partial charge in [0, 0.05) is 5.54 Å². The first-order chi connectivity index (χ1) is 7.77. The van der Waals surface area contributed by atoms with Gasteiger partial charge in [-0.25, -0.2) is 8.42 Å². The zero-order chi connectivity index (χ0) is 12.7. The fourth-order valence-corrected chi connectivity index (χ4v) is 4.72. The van der Waals surface area contributed by atoms with E-state index in [4.69, 9.17) is 0 Å². The first kappa shape index (κ1) is 13.3. The van der Waals surface area contributed by atoms with E-state index >= 15 is 0 Å². The Morgan fingerprint density at radius 2 is 1.82 bits per heavy atom. The van der Waals surface area contributed by atoms with E-state index in [0.29, 0.717) is 23.3 Å². The lowest BCUT2D eigenvalue weighted by Gasteiger charge is -2.28. The SMILES string of the molecule is CC(C)(C)NCC(C1CC1)C1CCS(=O)(=O)C1. The zero-order valence-electron chi connectivity index (χ0n) is 11.2. The summed E-state index contributed by atoms with van der Waals surface area (Å²) < 4.78 is 23.1. The largest absolute Gasteiger partial charge is 0.312 e. The van der Waals surface area contributed by atoms with E-state index in [2.05, 4.69) is 26.1 Å². The zero-order valence-corrected chi connectivity index (χ0v) is 12.0. The Labute approximate surface area is 105 Å². The fourth-order valence-electron chi connectivity index (χ4n) is 2.83. The molecule has 0 aromatic rings. The molecular weight excluding hydrogens is 234 g/mol. The van der Waals surface area contributed by atoms with Crippen LogP contribution in [0.2, 0.25) is 0 Å². The van der Waals surface area contributed by atoms with Gasteiger partial charge in [-0.05, 0) is 64.3 Å². The van der Waals surface area contributed by atoms with Crippen molar-refractivity contribution in [1.82, 2.24) is 5.32 Å². The van der Waals surface area contributed by atoms with Crippen molar-refractivity contribution < 1.29 is 8.42 Å². The molecule has 1 heterocycles. The molecule has 3 nitrogen and oxygen atoms in total. The van der Waals surface area contributed by atoms with Gasteiger partial charge in [0.2, 0.25) is 0 Å². The molecule has 0 radical (unpaired) electrons. The molecule has 2 fully saturated rings. The van der Waals surface area contributed by atoms with Crippen molar-refractivity contribution in [3.63, 3.8) is 0 Å². The lowest BCUT2D eigenvalue weighted by Crippen LogP contribution is -2.41. The minimum atomic E-state index is -2.73. The molecule has 1 aliphatic carbocycles. The lowest BCUT2D eigenvalue weighted by atomic mass is 9.87. The summed E-state index contributed by atoms with van der Waals surface area (Å²) in [6, 6.07) is 0. The average molecular weight is 259 g/mol. The Bertz CT molecular complexity index is 365. The standard InChI is InChI=1S/C13H25NO2S/c1-13(2,3)14-8-12(10-4-5-10)11-6-7-17(15,16)9-11/h10-12,14H,4-9H2,1-3H3. The minimum absolute atomic E-state index is 0.130. The molecule has 1 saturated heterocycles. The Morgan fingerprint density at radius 3 is 2.24 bits per heavy atom. The minimum Gasteiger partial charge on any atom is -0.312 e. The van der Waals surface area contributed by atoms with E-state index in [0.717, 1.165) is 18.9 Å².